The molecule has 3 aromatic rings. The number of rotatable bonds is 4. The molecule has 2 aliphatic heterocycles. The lowest BCUT2D eigenvalue weighted by atomic mass is 10.1. The van der Waals surface area contributed by atoms with E-state index in [2.05, 4.69) is 20.0 Å². The van der Waals surface area contributed by atoms with Crippen LogP contribution >= 0.6 is 11.6 Å². The molecule has 2 fully saturated rings. The molecule has 1 atom stereocenters. The van der Waals surface area contributed by atoms with Crippen LogP contribution in [0.4, 0.5) is 11.5 Å². The maximum Gasteiger partial charge on any atom is 0.228 e. The van der Waals surface area contributed by atoms with E-state index in [0.717, 1.165) is 28.7 Å². The zero-order valence-electron chi connectivity index (χ0n) is 19.2. The quantitative estimate of drug-likeness (QED) is 0.571. The molecule has 1 unspecified atom stereocenters. The molecule has 2 aromatic heterocycles. The van der Waals surface area contributed by atoms with Crippen molar-refractivity contribution in [3.05, 3.63) is 59.1 Å². The number of hydrogen-bond acceptors (Lipinski definition) is 6. The molecule has 0 radical (unpaired) electrons. The summed E-state index contributed by atoms with van der Waals surface area (Å²) in [5.74, 6) is 1.22. The molecule has 34 heavy (non-hydrogen) atoms. The molecular weight excluding hydrogens is 454 g/mol. The Balaban J connectivity index is 1.21. The van der Waals surface area contributed by atoms with E-state index in [1.54, 1.807) is 23.4 Å². The normalized spacial score (nSPS) is 18.6. The minimum atomic E-state index is -0.327. The first kappa shape index (κ1) is 22.3. The molecule has 2 amide bonds. The highest BCUT2D eigenvalue weighted by molar-refractivity contribution is 6.30. The van der Waals surface area contributed by atoms with Gasteiger partial charge in [-0.3, -0.25) is 9.59 Å². The zero-order valence-corrected chi connectivity index (χ0v) is 19.9. The van der Waals surface area contributed by atoms with Gasteiger partial charge in [0.1, 0.15) is 12.1 Å². The third-order valence-electron chi connectivity index (χ3n) is 6.39. The number of carbonyl (C=O) groups is 2. The molecule has 10 heteroatoms. The van der Waals surface area contributed by atoms with Gasteiger partial charge in [-0.1, -0.05) is 11.6 Å². The Morgan fingerprint density at radius 3 is 2.38 bits per heavy atom. The maximum atomic E-state index is 13.2. The number of amides is 2. The molecule has 1 aromatic carbocycles. The van der Waals surface area contributed by atoms with Gasteiger partial charge in [0.05, 0.1) is 11.6 Å². The van der Waals surface area contributed by atoms with Crippen LogP contribution < -0.4 is 9.80 Å². The molecule has 176 valence electrons. The predicted molar refractivity (Wildman–Crippen MR) is 129 cm³/mol. The molecule has 0 bridgehead atoms. The summed E-state index contributed by atoms with van der Waals surface area (Å²) in [5.41, 5.74) is 2.72. The van der Waals surface area contributed by atoms with Gasteiger partial charge in [-0.25, -0.2) is 14.6 Å². The first-order valence-electron chi connectivity index (χ1n) is 11.3. The first-order chi connectivity index (χ1) is 16.4. The van der Waals surface area contributed by atoms with Gasteiger partial charge in [-0.2, -0.15) is 5.10 Å². The van der Waals surface area contributed by atoms with Gasteiger partial charge in [0.15, 0.2) is 5.82 Å². The topological polar surface area (TPSA) is 87.5 Å². The maximum absolute atomic E-state index is 13.2. The lowest BCUT2D eigenvalue weighted by molar-refractivity contribution is -0.136. The van der Waals surface area contributed by atoms with Crippen molar-refractivity contribution >= 4 is 34.9 Å². The summed E-state index contributed by atoms with van der Waals surface area (Å²) in [6.07, 6.45) is 1.79. The summed E-state index contributed by atoms with van der Waals surface area (Å²) in [6, 6.07) is 11.1. The highest BCUT2D eigenvalue weighted by atomic mass is 35.5. The molecule has 2 saturated heterocycles. The molecular formula is C24H26ClN7O2. The molecule has 2 aliphatic rings. The van der Waals surface area contributed by atoms with Crippen molar-refractivity contribution in [1.82, 2.24) is 24.6 Å². The van der Waals surface area contributed by atoms with Crippen LogP contribution in [0.15, 0.2) is 42.7 Å². The summed E-state index contributed by atoms with van der Waals surface area (Å²) in [6.45, 7) is 6.86. The van der Waals surface area contributed by atoms with Crippen molar-refractivity contribution in [2.75, 3.05) is 42.5 Å². The fraction of sp³-hybridized carbons (Fsp3) is 0.375. The number of anilines is 2. The van der Waals surface area contributed by atoms with Crippen molar-refractivity contribution in [3.8, 4) is 5.82 Å². The minimum absolute atomic E-state index is 0.0306. The second-order valence-corrected chi connectivity index (χ2v) is 9.20. The number of aryl methyl sites for hydroxylation is 2. The fourth-order valence-corrected chi connectivity index (χ4v) is 4.77. The summed E-state index contributed by atoms with van der Waals surface area (Å²) in [7, 11) is 0. The third kappa shape index (κ3) is 4.35. The van der Waals surface area contributed by atoms with Gasteiger partial charge in [0.2, 0.25) is 11.8 Å². The summed E-state index contributed by atoms with van der Waals surface area (Å²) in [5, 5.41) is 5.12. The molecule has 9 nitrogen and oxygen atoms in total. The van der Waals surface area contributed by atoms with Crippen LogP contribution in [0.5, 0.6) is 0 Å². The average molecular weight is 480 g/mol. The molecule has 5 rings (SSSR count). The predicted octanol–water partition coefficient (Wildman–Crippen LogP) is 2.63. The highest BCUT2D eigenvalue weighted by Crippen LogP contribution is 2.28. The average Bonchev–Trinajstić information content (AvgIpc) is 3.40. The number of benzene rings is 1. The number of carbonyl (C=O) groups excluding carboxylic acids is 2. The second-order valence-electron chi connectivity index (χ2n) is 8.77. The second kappa shape index (κ2) is 9.06. The van der Waals surface area contributed by atoms with Crippen LogP contribution in [-0.4, -0.2) is 69.2 Å². The van der Waals surface area contributed by atoms with E-state index in [4.69, 9.17) is 11.6 Å². The van der Waals surface area contributed by atoms with Crippen LogP contribution in [0.1, 0.15) is 17.8 Å². The monoisotopic (exact) mass is 479 g/mol. The van der Waals surface area contributed by atoms with Gasteiger partial charge in [0, 0.05) is 61.6 Å². The van der Waals surface area contributed by atoms with Gasteiger partial charge < -0.3 is 14.7 Å². The highest BCUT2D eigenvalue weighted by Gasteiger charge is 2.38. The third-order valence-corrected chi connectivity index (χ3v) is 6.64. The van der Waals surface area contributed by atoms with E-state index in [1.165, 1.54) is 0 Å². The Morgan fingerprint density at radius 2 is 1.71 bits per heavy atom. The van der Waals surface area contributed by atoms with Gasteiger partial charge in [-0.15, -0.1) is 0 Å². The molecule has 0 N–H and O–H groups in total. The van der Waals surface area contributed by atoms with E-state index in [9.17, 15) is 9.59 Å². The van der Waals surface area contributed by atoms with Crippen molar-refractivity contribution in [2.24, 2.45) is 5.92 Å². The number of aromatic nitrogens is 4. The Morgan fingerprint density at radius 1 is 1.00 bits per heavy atom. The van der Waals surface area contributed by atoms with E-state index in [-0.39, 0.29) is 24.2 Å². The Labute approximate surface area is 203 Å². The van der Waals surface area contributed by atoms with E-state index >= 15 is 0 Å². The van der Waals surface area contributed by atoms with Crippen molar-refractivity contribution in [2.45, 2.75) is 20.3 Å². The number of piperazine rings is 1. The largest absolute Gasteiger partial charge is 0.353 e. The number of nitrogens with zero attached hydrogens (tertiary/aromatic N) is 7. The van der Waals surface area contributed by atoms with Crippen LogP contribution in [0, 0.1) is 19.8 Å². The van der Waals surface area contributed by atoms with Crippen molar-refractivity contribution in [3.63, 3.8) is 0 Å². The van der Waals surface area contributed by atoms with Crippen LogP contribution in [0.2, 0.25) is 5.02 Å². The zero-order chi connectivity index (χ0) is 23.8. The Kier molecular flexibility index (Phi) is 5.95. The lowest BCUT2D eigenvalue weighted by Crippen LogP contribution is -2.51. The van der Waals surface area contributed by atoms with Gasteiger partial charge in [0.25, 0.3) is 0 Å². The number of halogens is 1. The van der Waals surface area contributed by atoms with Crippen LogP contribution in [-0.2, 0) is 9.59 Å². The summed E-state index contributed by atoms with van der Waals surface area (Å²) in [4.78, 5) is 40.2. The van der Waals surface area contributed by atoms with E-state index in [0.29, 0.717) is 37.7 Å². The van der Waals surface area contributed by atoms with Gasteiger partial charge >= 0.3 is 0 Å². The summed E-state index contributed by atoms with van der Waals surface area (Å²) < 4.78 is 1.81. The molecule has 0 aliphatic carbocycles. The van der Waals surface area contributed by atoms with Crippen molar-refractivity contribution in [1.29, 1.82) is 0 Å². The fourth-order valence-electron chi connectivity index (χ4n) is 4.64. The molecule has 0 spiro atoms. The smallest absolute Gasteiger partial charge is 0.228 e. The van der Waals surface area contributed by atoms with Crippen LogP contribution in [0.25, 0.3) is 5.82 Å². The first-order valence-corrected chi connectivity index (χ1v) is 11.7. The van der Waals surface area contributed by atoms with Crippen LogP contribution in [0.3, 0.4) is 0 Å². The van der Waals surface area contributed by atoms with E-state index < -0.39 is 0 Å². The molecule has 0 saturated carbocycles. The Bertz CT molecular complexity index is 1220. The summed E-state index contributed by atoms with van der Waals surface area (Å²) >= 11 is 5.96. The van der Waals surface area contributed by atoms with E-state index in [1.807, 2.05) is 47.7 Å². The van der Waals surface area contributed by atoms with Crippen molar-refractivity contribution < 1.29 is 9.59 Å². The standard InChI is InChI=1S/C24H26ClN7O2/c1-16-11-17(2)32(28-16)22-13-21(26-15-27-22)29-7-9-30(10-8-29)24(34)18-12-23(33)31(14-18)20-5-3-19(25)4-6-20/h3-6,11,13,15,18H,7-10,12,14H2,1-2H3. The lowest BCUT2D eigenvalue weighted by Gasteiger charge is -2.36. The Hall–Kier alpha value is -3.46. The SMILES string of the molecule is Cc1cc(C)n(-c2cc(N3CCN(C(=O)C4CC(=O)N(c5ccc(Cl)cc5)C4)CC3)ncn2)n1. The minimum Gasteiger partial charge on any atom is -0.353 e. The van der Waals surface area contributed by atoms with Gasteiger partial charge in [-0.05, 0) is 44.2 Å². The molecule has 4 heterocycles. The number of hydrogen-bond donors (Lipinski definition) is 0.